The second-order valence-electron chi connectivity index (χ2n) is 5.50. The summed E-state index contributed by atoms with van der Waals surface area (Å²) in [7, 11) is 0. The molecule has 1 saturated heterocycles. The highest BCUT2D eigenvalue weighted by atomic mass is 16.5. The Morgan fingerprint density at radius 3 is 2.20 bits per heavy atom. The molecule has 1 unspecified atom stereocenters. The molecule has 0 aromatic heterocycles. The van der Waals surface area contributed by atoms with E-state index in [1.54, 1.807) is 0 Å². The minimum Gasteiger partial charge on any atom is -0.373 e. The van der Waals surface area contributed by atoms with E-state index in [0.717, 1.165) is 25.6 Å². The molecule has 0 bridgehead atoms. The average Bonchev–Trinajstić information content (AvgIpc) is 2.98. The summed E-state index contributed by atoms with van der Waals surface area (Å²) in [5.74, 6) is 0.819. The maximum Gasteiger partial charge on any atom is 0.0678 e. The summed E-state index contributed by atoms with van der Waals surface area (Å²) in [6.45, 7) is 9.49. The van der Waals surface area contributed by atoms with Crippen molar-refractivity contribution in [3.63, 3.8) is 0 Å². The van der Waals surface area contributed by atoms with Gasteiger partial charge < -0.3 is 10.5 Å². The third-order valence-corrected chi connectivity index (χ3v) is 4.01. The number of morpholine rings is 1. The predicted molar refractivity (Wildman–Crippen MR) is 61.8 cm³/mol. The predicted octanol–water partition coefficient (Wildman–Crippen LogP) is 1.22. The number of nitrogens with two attached hydrogens (primary N) is 1. The fourth-order valence-electron chi connectivity index (χ4n) is 2.85. The Bertz CT molecular complexity index is 220. The van der Waals surface area contributed by atoms with Gasteiger partial charge in [-0.25, -0.2) is 0 Å². The summed E-state index contributed by atoms with van der Waals surface area (Å²) in [4.78, 5) is 2.56. The third kappa shape index (κ3) is 2.19. The summed E-state index contributed by atoms with van der Waals surface area (Å²) in [5.41, 5.74) is 6.20. The average molecular weight is 212 g/mol. The first-order valence-electron chi connectivity index (χ1n) is 6.17. The van der Waals surface area contributed by atoms with Crippen molar-refractivity contribution < 1.29 is 4.74 Å². The quantitative estimate of drug-likeness (QED) is 0.764. The minimum atomic E-state index is 0.215. The van der Waals surface area contributed by atoms with Gasteiger partial charge in [0, 0.05) is 25.2 Å². The summed E-state index contributed by atoms with van der Waals surface area (Å²) in [5, 5.41) is 0. The molecule has 3 atom stereocenters. The molecular formula is C12H24N2O. The first-order valence-corrected chi connectivity index (χ1v) is 6.17. The summed E-state index contributed by atoms with van der Waals surface area (Å²) in [6.07, 6.45) is 3.40. The van der Waals surface area contributed by atoms with Gasteiger partial charge in [0.2, 0.25) is 0 Å². The lowest BCUT2D eigenvalue weighted by atomic mass is 9.92. The van der Waals surface area contributed by atoms with E-state index in [0.29, 0.717) is 12.2 Å². The van der Waals surface area contributed by atoms with Crippen molar-refractivity contribution in [2.24, 2.45) is 11.7 Å². The second-order valence-corrected chi connectivity index (χ2v) is 5.50. The van der Waals surface area contributed by atoms with Crippen LogP contribution in [0.25, 0.3) is 0 Å². The highest BCUT2D eigenvalue weighted by molar-refractivity contribution is 5.01. The number of rotatable bonds is 3. The van der Waals surface area contributed by atoms with Gasteiger partial charge in [-0.2, -0.15) is 0 Å². The Kier molecular flexibility index (Phi) is 3.06. The van der Waals surface area contributed by atoms with Crippen LogP contribution in [-0.2, 0) is 4.74 Å². The van der Waals surface area contributed by atoms with Crippen molar-refractivity contribution >= 4 is 0 Å². The molecule has 0 aromatic carbocycles. The van der Waals surface area contributed by atoms with Crippen molar-refractivity contribution in [2.75, 3.05) is 19.6 Å². The Morgan fingerprint density at radius 2 is 1.80 bits per heavy atom. The highest BCUT2D eigenvalue weighted by Crippen LogP contribution is 2.43. The molecule has 2 fully saturated rings. The van der Waals surface area contributed by atoms with Crippen LogP contribution in [0.5, 0.6) is 0 Å². The zero-order valence-electron chi connectivity index (χ0n) is 10.2. The van der Waals surface area contributed by atoms with Crippen LogP contribution in [0.3, 0.4) is 0 Å². The molecule has 88 valence electrons. The normalized spacial score (nSPS) is 37.6. The summed E-state index contributed by atoms with van der Waals surface area (Å²) in [6, 6.07) is 0. The zero-order valence-corrected chi connectivity index (χ0v) is 10.2. The van der Waals surface area contributed by atoms with Crippen LogP contribution in [0.1, 0.15) is 33.6 Å². The number of nitrogens with zero attached hydrogens (tertiary/aromatic N) is 1. The number of hydrogen-bond acceptors (Lipinski definition) is 3. The maximum absolute atomic E-state index is 5.99. The third-order valence-electron chi connectivity index (χ3n) is 4.01. The van der Waals surface area contributed by atoms with Crippen LogP contribution < -0.4 is 5.73 Å². The van der Waals surface area contributed by atoms with E-state index < -0.39 is 0 Å². The van der Waals surface area contributed by atoms with Crippen molar-refractivity contribution in [3.8, 4) is 0 Å². The fourth-order valence-corrected chi connectivity index (χ4v) is 2.85. The van der Waals surface area contributed by atoms with Crippen LogP contribution in [0.4, 0.5) is 0 Å². The van der Waals surface area contributed by atoms with Crippen molar-refractivity contribution in [3.05, 3.63) is 0 Å². The van der Waals surface area contributed by atoms with Crippen LogP contribution in [0.2, 0.25) is 0 Å². The van der Waals surface area contributed by atoms with Crippen LogP contribution >= 0.6 is 0 Å². The van der Waals surface area contributed by atoms with Crippen LogP contribution in [0.15, 0.2) is 0 Å². The van der Waals surface area contributed by atoms with Crippen molar-refractivity contribution in [1.82, 2.24) is 4.90 Å². The van der Waals surface area contributed by atoms with Crippen molar-refractivity contribution in [1.29, 1.82) is 0 Å². The second kappa shape index (κ2) is 4.04. The van der Waals surface area contributed by atoms with E-state index in [2.05, 4.69) is 25.7 Å². The molecule has 15 heavy (non-hydrogen) atoms. The van der Waals surface area contributed by atoms with E-state index in [4.69, 9.17) is 10.5 Å². The molecule has 1 aliphatic carbocycles. The molecule has 2 rings (SSSR count). The molecule has 3 nitrogen and oxygen atoms in total. The molecule has 2 aliphatic rings. The molecule has 0 amide bonds. The smallest absolute Gasteiger partial charge is 0.0678 e. The number of ether oxygens (including phenoxy) is 1. The zero-order chi connectivity index (χ0) is 11.1. The monoisotopic (exact) mass is 212 g/mol. The molecular weight excluding hydrogens is 188 g/mol. The van der Waals surface area contributed by atoms with Gasteiger partial charge in [0.15, 0.2) is 0 Å². The Labute approximate surface area is 93.0 Å². The van der Waals surface area contributed by atoms with Gasteiger partial charge in [0.1, 0.15) is 0 Å². The molecule has 1 aliphatic heterocycles. The number of hydrogen-bond donors (Lipinski definition) is 1. The lowest BCUT2D eigenvalue weighted by Crippen LogP contribution is -2.60. The van der Waals surface area contributed by atoms with Gasteiger partial charge in [-0.1, -0.05) is 0 Å². The molecule has 2 N–H and O–H groups in total. The van der Waals surface area contributed by atoms with Gasteiger partial charge >= 0.3 is 0 Å². The first kappa shape index (κ1) is 11.4. The topological polar surface area (TPSA) is 38.5 Å². The SMILES string of the molecule is C[C@@H]1CN(C(C)(CN)C2CC2)C[C@H](C)O1. The van der Waals surface area contributed by atoms with E-state index in [1.807, 2.05) is 0 Å². The van der Waals surface area contributed by atoms with Crippen LogP contribution in [0, 0.1) is 5.92 Å². The Morgan fingerprint density at radius 1 is 1.27 bits per heavy atom. The largest absolute Gasteiger partial charge is 0.373 e. The minimum absolute atomic E-state index is 0.215. The van der Waals surface area contributed by atoms with Crippen molar-refractivity contribution in [2.45, 2.75) is 51.4 Å². The van der Waals surface area contributed by atoms with Gasteiger partial charge in [0.05, 0.1) is 12.2 Å². The molecule has 1 heterocycles. The van der Waals surface area contributed by atoms with E-state index in [9.17, 15) is 0 Å². The fraction of sp³-hybridized carbons (Fsp3) is 1.00. The molecule has 0 spiro atoms. The summed E-state index contributed by atoms with van der Waals surface area (Å²) >= 11 is 0. The van der Waals surface area contributed by atoms with Gasteiger partial charge in [-0.15, -0.1) is 0 Å². The first-order chi connectivity index (χ1) is 7.06. The van der Waals surface area contributed by atoms with Crippen LogP contribution in [-0.4, -0.2) is 42.3 Å². The maximum atomic E-state index is 5.99. The molecule has 0 radical (unpaired) electrons. The van der Waals surface area contributed by atoms with Gasteiger partial charge in [-0.05, 0) is 39.5 Å². The van der Waals surface area contributed by atoms with Gasteiger partial charge in [-0.3, -0.25) is 4.90 Å². The Hall–Kier alpha value is -0.120. The van der Waals surface area contributed by atoms with Gasteiger partial charge in [0.25, 0.3) is 0 Å². The molecule has 0 aromatic rings. The lowest BCUT2D eigenvalue weighted by Gasteiger charge is -2.46. The molecule has 1 saturated carbocycles. The van der Waals surface area contributed by atoms with E-state index >= 15 is 0 Å². The standard InChI is InChI=1S/C12H24N2O/c1-9-6-14(7-10(2)15-9)12(3,8-13)11-4-5-11/h9-11H,4-8,13H2,1-3H3/t9-,10+,12?. The Balaban J connectivity index is 2.06. The highest BCUT2D eigenvalue weighted by Gasteiger charge is 2.46. The van der Waals surface area contributed by atoms with E-state index in [-0.39, 0.29) is 5.54 Å². The molecule has 3 heteroatoms. The van der Waals surface area contributed by atoms with E-state index in [1.165, 1.54) is 12.8 Å². The lowest BCUT2D eigenvalue weighted by molar-refractivity contribution is -0.102. The summed E-state index contributed by atoms with van der Waals surface area (Å²) < 4.78 is 5.77.